The molecule has 3 aromatic rings. The molecule has 1 aliphatic heterocycles. The van der Waals surface area contributed by atoms with Crippen LogP contribution in [0, 0.1) is 6.92 Å². The van der Waals surface area contributed by atoms with E-state index in [0.717, 1.165) is 27.4 Å². The second-order valence-corrected chi connectivity index (χ2v) is 8.86. The van der Waals surface area contributed by atoms with Gasteiger partial charge < -0.3 is 19.1 Å². The second-order valence-electron chi connectivity index (χ2n) is 7.08. The van der Waals surface area contributed by atoms with E-state index < -0.39 is 0 Å². The van der Waals surface area contributed by atoms with Crippen LogP contribution in [0.25, 0.3) is 16.1 Å². The van der Waals surface area contributed by atoms with Crippen molar-refractivity contribution < 1.29 is 19.0 Å². The van der Waals surface area contributed by atoms with Crippen LogP contribution in [-0.4, -0.2) is 50.2 Å². The van der Waals surface area contributed by atoms with Crippen molar-refractivity contribution in [1.29, 1.82) is 0 Å². The van der Waals surface area contributed by atoms with Gasteiger partial charge in [0.25, 0.3) is 5.91 Å². The van der Waals surface area contributed by atoms with Crippen LogP contribution in [0.1, 0.15) is 27.3 Å². The lowest BCUT2D eigenvalue weighted by molar-refractivity contribution is 0.0776. The smallest absolute Gasteiger partial charge is 0.266 e. The fraction of sp³-hybridized carbons (Fsp3) is 0.304. The number of methoxy groups -OCH3 is 3. The number of aryl methyl sites for hydroxylation is 1. The fourth-order valence-electron chi connectivity index (χ4n) is 3.65. The molecule has 2 aromatic heterocycles. The molecule has 0 aliphatic carbocycles. The lowest BCUT2D eigenvalue weighted by Gasteiger charge is -2.27. The Morgan fingerprint density at radius 2 is 1.87 bits per heavy atom. The summed E-state index contributed by atoms with van der Waals surface area (Å²) < 4.78 is 16.5. The highest BCUT2D eigenvalue weighted by molar-refractivity contribution is 7.17. The van der Waals surface area contributed by atoms with Crippen LogP contribution in [0.2, 0.25) is 0 Å². The van der Waals surface area contributed by atoms with E-state index in [-0.39, 0.29) is 5.91 Å². The van der Waals surface area contributed by atoms with Crippen LogP contribution in [0.3, 0.4) is 0 Å². The second kappa shape index (κ2) is 9.11. The SMILES string of the molecule is COc1cc(OC)c(C2=CCN(C(=O)c3sc(-c4ccsc4)nc3C)CC2)c(OC)c1. The summed E-state index contributed by atoms with van der Waals surface area (Å²) >= 11 is 3.09. The van der Waals surface area contributed by atoms with Gasteiger partial charge in [0.15, 0.2) is 0 Å². The van der Waals surface area contributed by atoms with E-state index in [0.29, 0.717) is 41.6 Å². The number of benzene rings is 1. The zero-order chi connectivity index (χ0) is 22.0. The van der Waals surface area contributed by atoms with Crippen molar-refractivity contribution in [2.45, 2.75) is 13.3 Å². The predicted molar refractivity (Wildman–Crippen MR) is 125 cm³/mol. The van der Waals surface area contributed by atoms with Crippen molar-refractivity contribution in [2.24, 2.45) is 0 Å². The lowest BCUT2D eigenvalue weighted by Crippen LogP contribution is -2.34. The predicted octanol–water partition coefficient (Wildman–Crippen LogP) is 5.14. The van der Waals surface area contributed by atoms with Gasteiger partial charge in [0.1, 0.15) is 27.1 Å². The van der Waals surface area contributed by atoms with E-state index in [1.165, 1.54) is 11.3 Å². The number of aromatic nitrogens is 1. The van der Waals surface area contributed by atoms with E-state index >= 15 is 0 Å². The topological polar surface area (TPSA) is 60.9 Å². The number of carbonyl (C=O) groups excluding carboxylic acids is 1. The van der Waals surface area contributed by atoms with Gasteiger partial charge in [-0.1, -0.05) is 6.08 Å². The van der Waals surface area contributed by atoms with E-state index in [1.807, 2.05) is 35.4 Å². The summed E-state index contributed by atoms with van der Waals surface area (Å²) in [7, 11) is 4.88. The van der Waals surface area contributed by atoms with Gasteiger partial charge >= 0.3 is 0 Å². The summed E-state index contributed by atoms with van der Waals surface area (Å²) in [5.41, 5.74) is 3.85. The average Bonchev–Trinajstić information content (AvgIpc) is 3.47. The number of thiophene rings is 1. The largest absolute Gasteiger partial charge is 0.496 e. The van der Waals surface area contributed by atoms with Crippen molar-refractivity contribution in [3.05, 3.63) is 51.2 Å². The minimum atomic E-state index is 0.0282. The molecule has 0 unspecified atom stereocenters. The zero-order valence-corrected chi connectivity index (χ0v) is 19.6. The summed E-state index contributed by atoms with van der Waals surface area (Å²) in [6, 6.07) is 5.73. The van der Waals surface area contributed by atoms with Crippen LogP contribution in [0.4, 0.5) is 0 Å². The van der Waals surface area contributed by atoms with Crippen molar-refractivity contribution in [2.75, 3.05) is 34.4 Å². The number of amides is 1. The van der Waals surface area contributed by atoms with E-state index in [9.17, 15) is 4.79 Å². The molecular weight excluding hydrogens is 432 g/mol. The van der Waals surface area contributed by atoms with Crippen LogP contribution in [0.15, 0.2) is 35.0 Å². The molecule has 0 saturated heterocycles. The summed E-state index contributed by atoms with van der Waals surface area (Å²) in [4.78, 5) is 20.4. The van der Waals surface area contributed by atoms with E-state index in [1.54, 1.807) is 32.7 Å². The minimum absolute atomic E-state index is 0.0282. The molecule has 1 aromatic carbocycles. The maximum Gasteiger partial charge on any atom is 0.266 e. The molecule has 0 fully saturated rings. The third kappa shape index (κ3) is 4.18. The van der Waals surface area contributed by atoms with Gasteiger partial charge in [-0.15, -0.1) is 11.3 Å². The molecule has 0 radical (unpaired) electrons. The molecule has 0 N–H and O–H groups in total. The molecule has 1 aliphatic rings. The van der Waals surface area contributed by atoms with Gasteiger partial charge in [-0.2, -0.15) is 11.3 Å². The van der Waals surface area contributed by atoms with E-state index in [2.05, 4.69) is 16.4 Å². The first-order valence-electron chi connectivity index (χ1n) is 9.84. The average molecular weight is 457 g/mol. The molecule has 0 atom stereocenters. The number of hydrogen-bond donors (Lipinski definition) is 0. The van der Waals surface area contributed by atoms with Gasteiger partial charge in [0.2, 0.25) is 0 Å². The zero-order valence-electron chi connectivity index (χ0n) is 17.9. The summed E-state index contributed by atoms with van der Waals surface area (Å²) in [6.45, 7) is 3.05. The van der Waals surface area contributed by atoms with Crippen molar-refractivity contribution in [3.63, 3.8) is 0 Å². The van der Waals surface area contributed by atoms with Gasteiger partial charge in [0, 0.05) is 36.2 Å². The lowest BCUT2D eigenvalue weighted by atomic mass is 9.97. The Morgan fingerprint density at radius 1 is 1.13 bits per heavy atom. The molecular formula is C23H24N2O4S2. The number of hydrogen-bond acceptors (Lipinski definition) is 7. The van der Waals surface area contributed by atoms with Crippen LogP contribution < -0.4 is 14.2 Å². The molecule has 162 valence electrons. The molecule has 0 saturated carbocycles. The van der Waals surface area contributed by atoms with Crippen LogP contribution >= 0.6 is 22.7 Å². The van der Waals surface area contributed by atoms with Crippen molar-refractivity contribution >= 4 is 34.2 Å². The van der Waals surface area contributed by atoms with Gasteiger partial charge in [-0.05, 0) is 30.4 Å². The quantitative estimate of drug-likeness (QED) is 0.514. The maximum absolute atomic E-state index is 13.2. The molecule has 31 heavy (non-hydrogen) atoms. The molecule has 4 rings (SSSR count). The third-order valence-electron chi connectivity index (χ3n) is 5.29. The Morgan fingerprint density at radius 3 is 2.42 bits per heavy atom. The van der Waals surface area contributed by atoms with Gasteiger partial charge in [0.05, 0.1) is 32.6 Å². The normalized spacial score (nSPS) is 13.7. The highest BCUT2D eigenvalue weighted by Crippen LogP contribution is 2.41. The first-order valence-corrected chi connectivity index (χ1v) is 11.6. The Kier molecular flexibility index (Phi) is 6.29. The number of thiazole rings is 1. The first-order chi connectivity index (χ1) is 15.0. The number of carbonyl (C=O) groups is 1. The summed E-state index contributed by atoms with van der Waals surface area (Å²) in [6.07, 6.45) is 2.78. The first kappa shape index (κ1) is 21.4. The maximum atomic E-state index is 13.2. The fourth-order valence-corrected chi connectivity index (χ4v) is 5.40. The molecule has 8 heteroatoms. The van der Waals surface area contributed by atoms with Gasteiger partial charge in [-0.25, -0.2) is 4.98 Å². The number of nitrogens with zero attached hydrogens (tertiary/aromatic N) is 2. The molecule has 3 heterocycles. The van der Waals surface area contributed by atoms with Crippen LogP contribution in [-0.2, 0) is 0 Å². The Balaban J connectivity index is 1.57. The molecule has 0 bridgehead atoms. The summed E-state index contributed by atoms with van der Waals surface area (Å²) in [5, 5.41) is 4.97. The minimum Gasteiger partial charge on any atom is -0.496 e. The van der Waals surface area contributed by atoms with Gasteiger partial charge in [-0.3, -0.25) is 4.79 Å². The standard InChI is InChI=1S/C23H24N2O4S2/c1-14-21(31-22(24-14)16-7-10-30-13-16)23(26)25-8-5-15(6-9-25)20-18(28-3)11-17(27-2)12-19(20)29-4/h5,7,10-13H,6,8-9H2,1-4H3. The highest BCUT2D eigenvalue weighted by atomic mass is 32.1. The Hall–Kier alpha value is -2.84. The number of ether oxygens (including phenoxy) is 3. The van der Waals surface area contributed by atoms with E-state index in [4.69, 9.17) is 14.2 Å². The Bertz CT molecular complexity index is 1090. The molecule has 1 amide bonds. The summed E-state index contributed by atoms with van der Waals surface area (Å²) in [5.74, 6) is 2.09. The third-order valence-corrected chi connectivity index (χ3v) is 7.17. The molecule has 0 spiro atoms. The molecule has 6 nitrogen and oxygen atoms in total. The monoisotopic (exact) mass is 456 g/mol. The van der Waals surface area contributed by atoms with Crippen molar-refractivity contribution in [3.8, 4) is 27.8 Å². The van der Waals surface area contributed by atoms with Crippen molar-refractivity contribution in [1.82, 2.24) is 9.88 Å². The Labute approximate surface area is 189 Å². The highest BCUT2D eigenvalue weighted by Gasteiger charge is 2.26. The number of rotatable bonds is 6. The van der Waals surface area contributed by atoms with Crippen LogP contribution in [0.5, 0.6) is 17.2 Å².